The summed E-state index contributed by atoms with van der Waals surface area (Å²) in [6.07, 6.45) is -0.761. The largest absolute Gasteiger partial charge is 0.497 e. The zero-order chi connectivity index (χ0) is 23.8. The molecule has 0 bridgehead atoms. The van der Waals surface area contributed by atoms with E-state index in [1.807, 2.05) is 6.92 Å². The molecular formula is C24H26N2O6S. The average Bonchev–Trinajstić information content (AvgIpc) is 2.81. The molecular weight excluding hydrogens is 444 g/mol. The number of carbonyl (C=O) groups is 1. The quantitative estimate of drug-likeness (QED) is 0.458. The molecule has 3 aromatic carbocycles. The summed E-state index contributed by atoms with van der Waals surface area (Å²) in [5.41, 5.74) is 0.866. The van der Waals surface area contributed by atoms with E-state index in [-0.39, 0.29) is 10.8 Å². The molecule has 1 unspecified atom stereocenters. The molecule has 8 nitrogen and oxygen atoms in total. The standard InChI is InChI=1S/C24H26N2O6S/c1-4-31-21-9-5-19(6-10-21)26-33(28,29)23-15-7-18(8-16-23)25-24(27)17(2)32-22-13-11-20(30-3)12-14-22/h5-17,26H,4H2,1-3H3,(H,25,27). The van der Waals surface area contributed by atoms with E-state index < -0.39 is 16.1 Å². The molecule has 0 aromatic heterocycles. The summed E-state index contributed by atoms with van der Waals surface area (Å²) < 4.78 is 43.9. The monoisotopic (exact) mass is 470 g/mol. The van der Waals surface area contributed by atoms with E-state index in [2.05, 4.69) is 10.0 Å². The first kappa shape index (κ1) is 23.9. The molecule has 2 N–H and O–H groups in total. The second-order valence-corrected chi connectivity index (χ2v) is 8.69. The number of amides is 1. The molecule has 174 valence electrons. The predicted octanol–water partition coefficient (Wildman–Crippen LogP) is 4.30. The summed E-state index contributed by atoms with van der Waals surface area (Å²) in [6, 6.07) is 19.4. The van der Waals surface area contributed by atoms with Crippen LogP contribution in [0.3, 0.4) is 0 Å². The number of hydrogen-bond acceptors (Lipinski definition) is 6. The summed E-state index contributed by atoms with van der Waals surface area (Å²) in [7, 11) is -2.22. The van der Waals surface area contributed by atoms with E-state index in [0.717, 1.165) is 0 Å². The van der Waals surface area contributed by atoms with Crippen LogP contribution in [0.1, 0.15) is 13.8 Å². The van der Waals surface area contributed by atoms with Gasteiger partial charge in [0.2, 0.25) is 0 Å². The number of benzene rings is 3. The molecule has 0 aliphatic heterocycles. The van der Waals surface area contributed by atoms with E-state index in [9.17, 15) is 13.2 Å². The number of nitrogens with one attached hydrogen (secondary N) is 2. The van der Waals surface area contributed by atoms with Crippen LogP contribution in [0.25, 0.3) is 0 Å². The molecule has 3 rings (SSSR count). The minimum atomic E-state index is -3.78. The molecule has 0 saturated heterocycles. The topological polar surface area (TPSA) is 103 Å². The van der Waals surface area contributed by atoms with E-state index in [4.69, 9.17) is 14.2 Å². The van der Waals surface area contributed by atoms with E-state index in [0.29, 0.717) is 35.2 Å². The van der Waals surface area contributed by atoms with Gasteiger partial charge in [-0.1, -0.05) is 0 Å². The van der Waals surface area contributed by atoms with Gasteiger partial charge in [-0.05, 0) is 86.6 Å². The van der Waals surface area contributed by atoms with Gasteiger partial charge in [-0.15, -0.1) is 0 Å². The summed E-state index contributed by atoms with van der Waals surface area (Å²) in [4.78, 5) is 12.5. The van der Waals surface area contributed by atoms with Crippen molar-refractivity contribution in [3.05, 3.63) is 72.8 Å². The lowest BCUT2D eigenvalue weighted by atomic mass is 10.3. The van der Waals surface area contributed by atoms with Crippen molar-refractivity contribution < 1.29 is 27.4 Å². The van der Waals surface area contributed by atoms with Crippen molar-refractivity contribution in [2.24, 2.45) is 0 Å². The van der Waals surface area contributed by atoms with Crippen molar-refractivity contribution in [1.82, 2.24) is 0 Å². The van der Waals surface area contributed by atoms with Gasteiger partial charge in [-0.2, -0.15) is 0 Å². The van der Waals surface area contributed by atoms with Gasteiger partial charge in [0, 0.05) is 11.4 Å². The van der Waals surface area contributed by atoms with Crippen LogP contribution in [-0.4, -0.2) is 34.1 Å². The molecule has 0 saturated carbocycles. The molecule has 1 atom stereocenters. The van der Waals surface area contributed by atoms with Gasteiger partial charge in [0.25, 0.3) is 15.9 Å². The summed E-state index contributed by atoms with van der Waals surface area (Å²) in [5.74, 6) is 1.51. The Labute approximate surface area is 193 Å². The van der Waals surface area contributed by atoms with Crippen molar-refractivity contribution >= 4 is 27.3 Å². The second kappa shape index (κ2) is 10.7. The minimum Gasteiger partial charge on any atom is -0.497 e. The van der Waals surface area contributed by atoms with Crippen LogP contribution in [0, 0.1) is 0 Å². The summed E-state index contributed by atoms with van der Waals surface area (Å²) in [6.45, 7) is 4.02. The number of anilines is 2. The highest BCUT2D eigenvalue weighted by atomic mass is 32.2. The fraction of sp³-hybridized carbons (Fsp3) is 0.208. The van der Waals surface area contributed by atoms with Crippen LogP contribution in [0.2, 0.25) is 0 Å². The van der Waals surface area contributed by atoms with Crippen molar-refractivity contribution in [1.29, 1.82) is 0 Å². The van der Waals surface area contributed by atoms with E-state index in [1.54, 1.807) is 62.6 Å². The maximum absolute atomic E-state index is 12.6. The van der Waals surface area contributed by atoms with Crippen molar-refractivity contribution in [3.63, 3.8) is 0 Å². The SMILES string of the molecule is CCOc1ccc(NS(=O)(=O)c2ccc(NC(=O)C(C)Oc3ccc(OC)cc3)cc2)cc1. The smallest absolute Gasteiger partial charge is 0.265 e. The Hall–Kier alpha value is -3.72. The maximum atomic E-state index is 12.6. The van der Waals surface area contributed by atoms with E-state index >= 15 is 0 Å². The van der Waals surface area contributed by atoms with Gasteiger partial charge in [0.1, 0.15) is 17.2 Å². The molecule has 0 heterocycles. The van der Waals surface area contributed by atoms with Gasteiger partial charge in [0.15, 0.2) is 6.10 Å². The third-order valence-electron chi connectivity index (χ3n) is 4.59. The molecule has 0 fully saturated rings. The van der Waals surface area contributed by atoms with Crippen molar-refractivity contribution in [3.8, 4) is 17.2 Å². The molecule has 0 aliphatic carbocycles. The lowest BCUT2D eigenvalue weighted by molar-refractivity contribution is -0.122. The fourth-order valence-electron chi connectivity index (χ4n) is 2.87. The Morgan fingerprint density at radius 2 is 1.39 bits per heavy atom. The zero-order valence-electron chi connectivity index (χ0n) is 18.6. The third kappa shape index (κ3) is 6.63. The van der Waals surface area contributed by atoms with Gasteiger partial charge in [-0.3, -0.25) is 9.52 Å². The number of ether oxygens (including phenoxy) is 3. The molecule has 3 aromatic rings. The Bertz CT molecular complexity index is 1160. The number of sulfonamides is 1. The van der Waals surface area contributed by atoms with Crippen LogP contribution in [0.4, 0.5) is 11.4 Å². The highest BCUT2D eigenvalue weighted by Crippen LogP contribution is 2.22. The predicted molar refractivity (Wildman–Crippen MR) is 127 cm³/mol. The van der Waals surface area contributed by atoms with Crippen molar-refractivity contribution in [2.75, 3.05) is 23.8 Å². The van der Waals surface area contributed by atoms with Crippen LogP contribution >= 0.6 is 0 Å². The van der Waals surface area contributed by atoms with Crippen LogP contribution < -0.4 is 24.2 Å². The van der Waals surface area contributed by atoms with Gasteiger partial charge in [-0.25, -0.2) is 8.42 Å². The highest BCUT2D eigenvalue weighted by molar-refractivity contribution is 7.92. The van der Waals surface area contributed by atoms with E-state index in [1.165, 1.54) is 24.3 Å². The average molecular weight is 471 g/mol. The second-order valence-electron chi connectivity index (χ2n) is 7.01. The highest BCUT2D eigenvalue weighted by Gasteiger charge is 2.17. The maximum Gasteiger partial charge on any atom is 0.265 e. The number of methoxy groups -OCH3 is 1. The Kier molecular flexibility index (Phi) is 7.78. The Morgan fingerprint density at radius 1 is 0.848 bits per heavy atom. The minimum absolute atomic E-state index is 0.0666. The first-order chi connectivity index (χ1) is 15.8. The number of carbonyl (C=O) groups excluding carboxylic acids is 1. The summed E-state index contributed by atoms with van der Waals surface area (Å²) >= 11 is 0. The zero-order valence-corrected chi connectivity index (χ0v) is 19.4. The molecule has 0 aliphatic rings. The first-order valence-corrected chi connectivity index (χ1v) is 11.8. The van der Waals surface area contributed by atoms with Gasteiger partial charge in [0.05, 0.1) is 18.6 Å². The van der Waals surface area contributed by atoms with Gasteiger partial charge >= 0.3 is 0 Å². The molecule has 0 radical (unpaired) electrons. The fourth-order valence-corrected chi connectivity index (χ4v) is 3.93. The molecule has 1 amide bonds. The molecule has 9 heteroatoms. The first-order valence-electron chi connectivity index (χ1n) is 10.3. The van der Waals surface area contributed by atoms with Gasteiger partial charge < -0.3 is 19.5 Å². The number of rotatable bonds is 10. The normalized spacial score (nSPS) is 11.8. The van der Waals surface area contributed by atoms with Crippen LogP contribution in [-0.2, 0) is 14.8 Å². The van der Waals surface area contributed by atoms with Crippen LogP contribution in [0.5, 0.6) is 17.2 Å². The number of hydrogen-bond donors (Lipinski definition) is 2. The lowest BCUT2D eigenvalue weighted by Gasteiger charge is -2.15. The molecule has 33 heavy (non-hydrogen) atoms. The van der Waals surface area contributed by atoms with Crippen molar-refractivity contribution in [2.45, 2.75) is 24.8 Å². The summed E-state index contributed by atoms with van der Waals surface area (Å²) in [5, 5.41) is 2.71. The molecule has 0 spiro atoms. The Balaban J connectivity index is 1.59. The lowest BCUT2D eigenvalue weighted by Crippen LogP contribution is -2.30. The third-order valence-corrected chi connectivity index (χ3v) is 5.99. The van der Waals surface area contributed by atoms with Crippen LogP contribution in [0.15, 0.2) is 77.7 Å². The Morgan fingerprint density at radius 3 is 1.97 bits per heavy atom.